The van der Waals surface area contributed by atoms with E-state index in [1.165, 1.54) is 23.9 Å². The largest absolute Gasteiger partial charge is 0.352 e. The van der Waals surface area contributed by atoms with Crippen LogP contribution in [0.1, 0.15) is 12.5 Å². The smallest absolute Gasteiger partial charge is 0.230 e. The number of rotatable bonds is 6. The first kappa shape index (κ1) is 13.8. The van der Waals surface area contributed by atoms with Crippen LogP contribution in [-0.4, -0.2) is 18.2 Å². The van der Waals surface area contributed by atoms with Gasteiger partial charge in [0.05, 0.1) is 5.75 Å². The maximum Gasteiger partial charge on any atom is 0.230 e. The average molecular weight is 253 g/mol. The third-order valence-corrected chi connectivity index (χ3v) is 3.01. The molecule has 0 unspecified atom stereocenters. The zero-order valence-corrected chi connectivity index (χ0v) is 10.6. The Labute approximate surface area is 105 Å². The first-order valence-corrected chi connectivity index (χ1v) is 6.46. The number of carbonyl (C=O) groups excluding carboxylic acids is 1. The van der Waals surface area contributed by atoms with E-state index in [1.54, 1.807) is 12.1 Å². The van der Waals surface area contributed by atoms with Crippen molar-refractivity contribution < 1.29 is 9.18 Å². The molecule has 0 aliphatic heterocycles. The molecule has 1 amide bonds. The van der Waals surface area contributed by atoms with E-state index in [0.717, 1.165) is 11.1 Å². The molecule has 1 aromatic rings. The monoisotopic (exact) mass is 253 g/mol. The van der Waals surface area contributed by atoms with Gasteiger partial charge in [0.1, 0.15) is 5.82 Å². The average Bonchev–Trinajstić information content (AvgIpc) is 2.29. The fourth-order valence-electron chi connectivity index (χ4n) is 1.14. The van der Waals surface area contributed by atoms with Crippen molar-refractivity contribution in [2.24, 2.45) is 0 Å². The van der Waals surface area contributed by atoms with Crippen molar-refractivity contribution in [3.8, 4) is 0 Å². The van der Waals surface area contributed by atoms with E-state index in [-0.39, 0.29) is 11.7 Å². The first-order valence-electron chi connectivity index (χ1n) is 5.31. The summed E-state index contributed by atoms with van der Waals surface area (Å²) < 4.78 is 12.6. The molecule has 1 N–H and O–H groups in total. The standard InChI is InChI=1S/C13H16FNOS/c1-10(2)7-15-13(16)9-17-8-11-3-5-12(14)6-4-11/h3-6H,1,7-9H2,2H3,(H,15,16). The molecule has 0 spiro atoms. The van der Waals surface area contributed by atoms with Gasteiger partial charge in [0.15, 0.2) is 0 Å². The van der Waals surface area contributed by atoms with Crippen LogP contribution in [0.3, 0.4) is 0 Å². The van der Waals surface area contributed by atoms with Gasteiger partial charge in [0, 0.05) is 12.3 Å². The van der Waals surface area contributed by atoms with Crippen molar-refractivity contribution in [3.63, 3.8) is 0 Å². The van der Waals surface area contributed by atoms with Crippen LogP contribution in [0, 0.1) is 5.82 Å². The molecule has 17 heavy (non-hydrogen) atoms. The van der Waals surface area contributed by atoms with Gasteiger partial charge in [-0.15, -0.1) is 11.8 Å². The highest BCUT2D eigenvalue weighted by Gasteiger charge is 2.01. The zero-order valence-electron chi connectivity index (χ0n) is 9.83. The molecule has 0 atom stereocenters. The quantitative estimate of drug-likeness (QED) is 0.790. The SMILES string of the molecule is C=C(C)CNC(=O)CSCc1ccc(F)cc1. The van der Waals surface area contributed by atoms with Crippen molar-refractivity contribution >= 4 is 17.7 Å². The van der Waals surface area contributed by atoms with Gasteiger partial charge in [0.2, 0.25) is 5.91 Å². The molecule has 1 rings (SSSR count). The van der Waals surface area contributed by atoms with E-state index >= 15 is 0 Å². The second kappa shape index (κ2) is 7.12. The predicted molar refractivity (Wildman–Crippen MR) is 70.4 cm³/mol. The molecule has 0 heterocycles. The van der Waals surface area contributed by atoms with Gasteiger partial charge in [-0.2, -0.15) is 0 Å². The summed E-state index contributed by atoms with van der Waals surface area (Å²) in [6, 6.07) is 6.32. The van der Waals surface area contributed by atoms with Crippen molar-refractivity contribution in [1.29, 1.82) is 0 Å². The van der Waals surface area contributed by atoms with Crippen molar-refractivity contribution in [2.75, 3.05) is 12.3 Å². The molecule has 0 saturated carbocycles. The lowest BCUT2D eigenvalue weighted by Gasteiger charge is -2.04. The number of thioether (sulfide) groups is 1. The molecule has 0 saturated heterocycles. The summed E-state index contributed by atoms with van der Waals surface area (Å²) >= 11 is 1.51. The number of amides is 1. The molecule has 4 heteroatoms. The van der Waals surface area contributed by atoms with Crippen LogP contribution in [0.25, 0.3) is 0 Å². The lowest BCUT2D eigenvalue weighted by Crippen LogP contribution is -2.26. The van der Waals surface area contributed by atoms with Gasteiger partial charge in [-0.05, 0) is 24.6 Å². The fourth-order valence-corrected chi connectivity index (χ4v) is 1.96. The summed E-state index contributed by atoms with van der Waals surface area (Å²) in [5.74, 6) is 0.879. The topological polar surface area (TPSA) is 29.1 Å². The Kier molecular flexibility index (Phi) is 5.77. The third-order valence-electron chi connectivity index (χ3n) is 2.00. The molecule has 0 bridgehead atoms. The Morgan fingerprint density at radius 1 is 1.41 bits per heavy atom. The highest BCUT2D eigenvalue weighted by Crippen LogP contribution is 2.12. The zero-order chi connectivity index (χ0) is 12.7. The molecule has 0 fully saturated rings. The van der Waals surface area contributed by atoms with Gasteiger partial charge < -0.3 is 5.32 Å². The minimum Gasteiger partial charge on any atom is -0.352 e. The van der Waals surface area contributed by atoms with Crippen LogP contribution < -0.4 is 5.32 Å². The number of hydrogen-bond donors (Lipinski definition) is 1. The maximum atomic E-state index is 12.6. The number of nitrogens with one attached hydrogen (secondary N) is 1. The van der Waals surface area contributed by atoms with Gasteiger partial charge in [0.25, 0.3) is 0 Å². The number of halogens is 1. The molecule has 0 aliphatic rings. The van der Waals surface area contributed by atoms with E-state index in [0.29, 0.717) is 18.1 Å². The Bertz CT molecular complexity index is 389. The van der Waals surface area contributed by atoms with Crippen molar-refractivity contribution in [1.82, 2.24) is 5.32 Å². The fraction of sp³-hybridized carbons (Fsp3) is 0.308. The minimum atomic E-state index is -0.238. The summed E-state index contributed by atoms with van der Waals surface area (Å²) in [5, 5.41) is 2.76. The van der Waals surface area contributed by atoms with Crippen LogP contribution in [0.4, 0.5) is 4.39 Å². The maximum absolute atomic E-state index is 12.6. The molecule has 0 aromatic heterocycles. The second-order valence-corrected chi connectivity index (χ2v) is 4.84. The summed E-state index contributed by atoms with van der Waals surface area (Å²) in [5.41, 5.74) is 1.95. The molecule has 92 valence electrons. The summed E-state index contributed by atoms with van der Waals surface area (Å²) in [7, 11) is 0. The number of benzene rings is 1. The molecule has 0 aliphatic carbocycles. The van der Waals surface area contributed by atoms with Crippen molar-refractivity contribution in [3.05, 3.63) is 47.8 Å². The highest BCUT2D eigenvalue weighted by atomic mass is 32.2. The minimum absolute atomic E-state index is 0.000103. The van der Waals surface area contributed by atoms with Crippen LogP contribution >= 0.6 is 11.8 Å². The summed E-state index contributed by atoms with van der Waals surface area (Å²) in [4.78, 5) is 11.4. The Hall–Kier alpha value is -1.29. The Morgan fingerprint density at radius 3 is 2.65 bits per heavy atom. The van der Waals surface area contributed by atoms with Crippen molar-refractivity contribution in [2.45, 2.75) is 12.7 Å². The summed E-state index contributed by atoms with van der Waals surface area (Å²) in [6.45, 7) is 6.10. The van der Waals surface area contributed by atoms with Crippen LogP contribution in [0.15, 0.2) is 36.4 Å². The van der Waals surface area contributed by atoms with E-state index in [9.17, 15) is 9.18 Å². The van der Waals surface area contributed by atoms with E-state index < -0.39 is 0 Å². The van der Waals surface area contributed by atoms with Gasteiger partial charge >= 0.3 is 0 Å². The van der Waals surface area contributed by atoms with Crippen LogP contribution in [-0.2, 0) is 10.5 Å². The molecular weight excluding hydrogens is 237 g/mol. The number of carbonyl (C=O) groups is 1. The highest BCUT2D eigenvalue weighted by molar-refractivity contribution is 7.99. The predicted octanol–water partition coefficient (Wildman–Crippen LogP) is 2.75. The van der Waals surface area contributed by atoms with E-state index in [2.05, 4.69) is 11.9 Å². The molecule has 1 aromatic carbocycles. The van der Waals surface area contributed by atoms with Gasteiger partial charge in [-0.1, -0.05) is 24.3 Å². The normalized spacial score (nSPS) is 10.0. The lowest BCUT2D eigenvalue weighted by atomic mass is 10.2. The van der Waals surface area contributed by atoms with Crippen LogP contribution in [0.2, 0.25) is 0 Å². The van der Waals surface area contributed by atoms with Gasteiger partial charge in [-0.3, -0.25) is 4.79 Å². The molecular formula is C13H16FNOS. The number of hydrogen-bond acceptors (Lipinski definition) is 2. The lowest BCUT2D eigenvalue weighted by molar-refractivity contribution is -0.118. The second-order valence-electron chi connectivity index (χ2n) is 3.85. The van der Waals surface area contributed by atoms with Gasteiger partial charge in [-0.25, -0.2) is 4.39 Å². The third kappa shape index (κ3) is 6.12. The summed E-state index contributed by atoms with van der Waals surface area (Å²) in [6.07, 6.45) is 0. The van der Waals surface area contributed by atoms with E-state index in [1.807, 2.05) is 6.92 Å². The Balaban J connectivity index is 2.21. The van der Waals surface area contributed by atoms with Crippen LogP contribution in [0.5, 0.6) is 0 Å². The van der Waals surface area contributed by atoms with E-state index in [4.69, 9.17) is 0 Å². The Morgan fingerprint density at radius 2 is 2.06 bits per heavy atom. The molecule has 0 radical (unpaired) electrons. The molecule has 2 nitrogen and oxygen atoms in total. The first-order chi connectivity index (χ1) is 8.08.